The number of aromatic carboxylic acids is 1. The second kappa shape index (κ2) is 7.15. The van der Waals surface area contributed by atoms with E-state index >= 15 is 0 Å². The van der Waals surface area contributed by atoms with Crippen molar-refractivity contribution < 1.29 is 9.90 Å². The first-order valence-electron chi connectivity index (χ1n) is 7.39. The molecule has 26 heavy (non-hydrogen) atoms. The Balaban J connectivity index is 1.99. The van der Waals surface area contributed by atoms with Gasteiger partial charge in [0.15, 0.2) is 5.69 Å². The van der Waals surface area contributed by atoms with Crippen LogP contribution in [0.2, 0.25) is 10.0 Å². The molecule has 0 unspecified atom stereocenters. The number of H-pyrrole nitrogens is 1. The van der Waals surface area contributed by atoms with Crippen LogP contribution >= 0.6 is 23.2 Å². The zero-order valence-electron chi connectivity index (χ0n) is 13.4. The van der Waals surface area contributed by atoms with Gasteiger partial charge >= 0.3 is 5.97 Å². The third kappa shape index (κ3) is 3.54. The molecule has 0 aliphatic heterocycles. The Kier molecular flexibility index (Phi) is 4.92. The Labute approximate surface area is 157 Å². The Morgan fingerprint density at radius 2 is 1.88 bits per heavy atom. The van der Waals surface area contributed by atoms with Gasteiger partial charge in [0.2, 0.25) is 0 Å². The number of nitrogens with zero attached hydrogens (tertiary/aromatic N) is 3. The zero-order valence-corrected chi connectivity index (χ0v) is 14.9. The maximum absolute atomic E-state index is 12.6. The smallest absolute Gasteiger partial charge is 0.335 e. The first-order chi connectivity index (χ1) is 12.4. The molecule has 0 amide bonds. The number of hydrogen-bond donors (Lipinski definition) is 2. The van der Waals surface area contributed by atoms with Gasteiger partial charge in [-0.1, -0.05) is 29.3 Å². The average Bonchev–Trinajstić information content (AvgIpc) is 2.90. The van der Waals surface area contributed by atoms with Crippen molar-refractivity contribution in [1.82, 2.24) is 9.78 Å². The van der Waals surface area contributed by atoms with Crippen LogP contribution in [-0.2, 0) is 0 Å². The van der Waals surface area contributed by atoms with Crippen LogP contribution < -0.4 is 5.56 Å². The van der Waals surface area contributed by atoms with E-state index in [0.29, 0.717) is 27.1 Å². The maximum Gasteiger partial charge on any atom is 0.335 e. The van der Waals surface area contributed by atoms with Gasteiger partial charge < -0.3 is 5.11 Å². The van der Waals surface area contributed by atoms with E-state index in [4.69, 9.17) is 28.3 Å². The van der Waals surface area contributed by atoms with E-state index in [0.717, 1.165) is 0 Å². The number of aromatic amines is 1. The summed E-state index contributed by atoms with van der Waals surface area (Å²) in [5, 5.41) is 20.7. The fraction of sp³-hybridized carbons (Fsp3) is 0.0588. The summed E-state index contributed by atoms with van der Waals surface area (Å²) >= 11 is 11.8. The van der Waals surface area contributed by atoms with Crippen molar-refractivity contribution in [3.63, 3.8) is 0 Å². The van der Waals surface area contributed by atoms with E-state index in [2.05, 4.69) is 15.3 Å². The van der Waals surface area contributed by atoms with Crippen molar-refractivity contribution in [2.24, 2.45) is 10.2 Å². The number of carboxylic acids is 1. The largest absolute Gasteiger partial charge is 0.478 e. The van der Waals surface area contributed by atoms with Crippen LogP contribution in [0.4, 0.5) is 11.4 Å². The average molecular weight is 391 g/mol. The van der Waals surface area contributed by atoms with Crippen molar-refractivity contribution in [3.8, 4) is 5.69 Å². The van der Waals surface area contributed by atoms with Crippen molar-refractivity contribution >= 4 is 40.5 Å². The summed E-state index contributed by atoms with van der Waals surface area (Å²) in [6.07, 6.45) is 0. The van der Waals surface area contributed by atoms with Crippen LogP contribution in [0.15, 0.2) is 57.5 Å². The van der Waals surface area contributed by atoms with Crippen LogP contribution in [0.1, 0.15) is 16.1 Å². The molecular weight excluding hydrogens is 379 g/mol. The van der Waals surface area contributed by atoms with E-state index in [1.165, 1.54) is 22.9 Å². The Hall–Kier alpha value is -2.90. The van der Waals surface area contributed by atoms with Gasteiger partial charge in [0.1, 0.15) is 0 Å². The number of halogens is 2. The molecule has 0 spiro atoms. The summed E-state index contributed by atoms with van der Waals surface area (Å²) in [4.78, 5) is 23.7. The molecule has 0 saturated heterocycles. The van der Waals surface area contributed by atoms with Gasteiger partial charge in [0, 0.05) is 0 Å². The zero-order chi connectivity index (χ0) is 18.8. The topological polar surface area (TPSA) is 99.8 Å². The Morgan fingerprint density at radius 3 is 2.58 bits per heavy atom. The minimum absolute atomic E-state index is 0.0700. The van der Waals surface area contributed by atoms with Crippen molar-refractivity contribution in [3.05, 3.63) is 74.1 Å². The summed E-state index contributed by atoms with van der Waals surface area (Å²) in [6, 6.07) is 10.7. The fourth-order valence-corrected chi connectivity index (χ4v) is 2.56. The lowest BCUT2D eigenvalue weighted by Gasteiger charge is -2.02. The molecule has 0 aliphatic carbocycles. The third-order valence-corrected chi connectivity index (χ3v) is 4.30. The van der Waals surface area contributed by atoms with Crippen LogP contribution in [0.3, 0.4) is 0 Å². The molecule has 9 heteroatoms. The summed E-state index contributed by atoms with van der Waals surface area (Å²) < 4.78 is 1.21. The van der Waals surface area contributed by atoms with Gasteiger partial charge in [-0.25, -0.2) is 9.48 Å². The first kappa shape index (κ1) is 17.9. The number of carboxylic acid groups (broad SMARTS) is 1. The van der Waals surface area contributed by atoms with E-state index in [1.54, 1.807) is 31.2 Å². The number of carbonyl (C=O) groups is 1. The molecule has 1 heterocycles. The highest BCUT2D eigenvalue weighted by Gasteiger charge is 2.13. The highest BCUT2D eigenvalue weighted by atomic mass is 35.5. The molecule has 7 nitrogen and oxygen atoms in total. The van der Waals surface area contributed by atoms with Crippen LogP contribution in [-0.4, -0.2) is 20.9 Å². The van der Waals surface area contributed by atoms with Crippen LogP contribution in [0.25, 0.3) is 5.69 Å². The quantitative estimate of drug-likeness (QED) is 0.619. The van der Waals surface area contributed by atoms with Crippen molar-refractivity contribution in [2.45, 2.75) is 6.92 Å². The second-order valence-electron chi connectivity index (χ2n) is 5.38. The maximum atomic E-state index is 12.6. The Bertz CT molecular complexity index is 1090. The van der Waals surface area contributed by atoms with E-state index in [1.807, 2.05) is 0 Å². The number of aryl methyl sites for hydroxylation is 1. The second-order valence-corrected chi connectivity index (χ2v) is 6.19. The lowest BCUT2D eigenvalue weighted by atomic mass is 10.2. The predicted octanol–water partition coefficient (Wildman–Crippen LogP) is 4.89. The molecule has 0 fully saturated rings. The number of rotatable bonds is 4. The molecular formula is C17H12Cl2N4O3. The molecule has 2 N–H and O–H groups in total. The van der Waals surface area contributed by atoms with Crippen molar-refractivity contribution in [1.29, 1.82) is 0 Å². The highest BCUT2D eigenvalue weighted by Crippen LogP contribution is 2.27. The lowest BCUT2D eigenvalue weighted by molar-refractivity contribution is 0.0697. The van der Waals surface area contributed by atoms with Gasteiger partial charge in [-0.05, 0) is 43.3 Å². The summed E-state index contributed by atoms with van der Waals surface area (Å²) in [5.74, 6) is -1.08. The highest BCUT2D eigenvalue weighted by molar-refractivity contribution is 6.42. The third-order valence-electron chi connectivity index (χ3n) is 3.56. The number of hydrogen-bond acceptors (Lipinski definition) is 4. The molecule has 0 aliphatic rings. The Morgan fingerprint density at radius 1 is 1.12 bits per heavy atom. The number of benzene rings is 2. The van der Waals surface area contributed by atoms with Gasteiger partial charge in [-0.2, -0.15) is 5.11 Å². The van der Waals surface area contributed by atoms with Crippen molar-refractivity contribution in [2.75, 3.05) is 0 Å². The lowest BCUT2D eigenvalue weighted by Crippen LogP contribution is -2.14. The first-order valence-corrected chi connectivity index (χ1v) is 8.14. The van der Waals surface area contributed by atoms with E-state index in [9.17, 15) is 9.59 Å². The number of aromatic nitrogens is 2. The van der Waals surface area contributed by atoms with Crippen LogP contribution in [0, 0.1) is 6.92 Å². The van der Waals surface area contributed by atoms with Gasteiger partial charge in [0.25, 0.3) is 5.56 Å². The summed E-state index contributed by atoms with van der Waals surface area (Å²) in [6.45, 7) is 1.67. The van der Waals surface area contributed by atoms with Gasteiger partial charge in [-0.3, -0.25) is 9.89 Å². The van der Waals surface area contributed by atoms with Gasteiger partial charge in [-0.15, -0.1) is 5.11 Å². The minimum atomic E-state index is -1.08. The van der Waals surface area contributed by atoms with E-state index in [-0.39, 0.29) is 11.3 Å². The van der Waals surface area contributed by atoms with Crippen LogP contribution in [0.5, 0.6) is 0 Å². The molecule has 0 atom stereocenters. The summed E-state index contributed by atoms with van der Waals surface area (Å²) in [5.41, 5.74) is 1.04. The monoisotopic (exact) mass is 390 g/mol. The number of azo groups is 1. The molecule has 3 aromatic rings. The number of nitrogens with one attached hydrogen (secondary N) is 1. The fourth-order valence-electron chi connectivity index (χ4n) is 2.27. The minimum Gasteiger partial charge on any atom is -0.478 e. The normalized spacial score (nSPS) is 11.2. The molecule has 1 aromatic heterocycles. The molecule has 0 radical (unpaired) electrons. The summed E-state index contributed by atoms with van der Waals surface area (Å²) in [7, 11) is 0. The predicted molar refractivity (Wildman–Crippen MR) is 98.7 cm³/mol. The molecule has 3 rings (SSSR count). The van der Waals surface area contributed by atoms with Gasteiger partial charge in [0.05, 0.1) is 32.7 Å². The standard InChI is InChI=1S/C17H12Cl2N4O3/c1-9-15(21-20-11-5-6-13(18)14(19)8-11)16(24)23(22-9)12-4-2-3-10(7-12)17(25)26/h2-8,22H,1H3,(H,25,26). The molecule has 0 bridgehead atoms. The van der Waals surface area contributed by atoms with E-state index < -0.39 is 11.5 Å². The molecule has 2 aromatic carbocycles. The molecule has 0 saturated carbocycles. The SMILES string of the molecule is Cc1[nH]n(-c2cccc(C(=O)O)c2)c(=O)c1N=Nc1ccc(Cl)c(Cl)c1. The molecule has 132 valence electrons.